The molecule has 0 saturated heterocycles. The topological polar surface area (TPSA) is 12.5 Å². The van der Waals surface area contributed by atoms with E-state index >= 15 is 0 Å². The molecule has 0 spiro atoms. The Morgan fingerprint density at radius 2 is 1.77 bits per heavy atom. The molecule has 0 fully saturated rings. The van der Waals surface area contributed by atoms with Crippen LogP contribution in [0.15, 0.2) is 25.3 Å². The third kappa shape index (κ3) is 7.75. The highest BCUT2D eigenvalue weighted by Gasteiger charge is 1.98. The highest BCUT2D eigenvalue weighted by Crippen LogP contribution is 1.96. The van der Waals surface area contributed by atoms with Gasteiger partial charge < -0.3 is 4.74 Å². The monoisotopic (exact) mass is 183 g/mol. The van der Waals surface area contributed by atoms with Gasteiger partial charge in [0, 0.05) is 26.8 Å². The molecule has 76 valence electrons. The standard InChI is InChI=1S/C11H21NO/c1-4-8-12(9-5-2)10-6-7-11-13-3/h4-5H,1-2,6-11H2,3H3. The molecule has 2 heteroatoms. The lowest BCUT2D eigenvalue weighted by atomic mass is 10.3. The maximum Gasteiger partial charge on any atom is 0.0462 e. The molecule has 0 N–H and O–H groups in total. The second kappa shape index (κ2) is 9.49. The van der Waals surface area contributed by atoms with Crippen LogP contribution in [-0.2, 0) is 4.74 Å². The summed E-state index contributed by atoms with van der Waals surface area (Å²) in [6.07, 6.45) is 6.16. The van der Waals surface area contributed by atoms with Gasteiger partial charge in [-0.2, -0.15) is 0 Å². The van der Waals surface area contributed by atoms with E-state index in [1.807, 2.05) is 12.2 Å². The number of unbranched alkanes of at least 4 members (excludes halogenated alkanes) is 1. The molecule has 0 aliphatic carbocycles. The van der Waals surface area contributed by atoms with Gasteiger partial charge in [0.05, 0.1) is 0 Å². The summed E-state index contributed by atoms with van der Waals surface area (Å²) < 4.78 is 4.98. The van der Waals surface area contributed by atoms with Crippen LogP contribution in [0, 0.1) is 0 Å². The smallest absolute Gasteiger partial charge is 0.0462 e. The largest absolute Gasteiger partial charge is 0.385 e. The first-order valence-corrected chi connectivity index (χ1v) is 4.78. The van der Waals surface area contributed by atoms with Crippen molar-refractivity contribution in [1.82, 2.24) is 4.90 Å². The number of nitrogens with zero attached hydrogens (tertiary/aromatic N) is 1. The lowest BCUT2D eigenvalue weighted by molar-refractivity contribution is 0.187. The van der Waals surface area contributed by atoms with E-state index < -0.39 is 0 Å². The third-order valence-corrected chi connectivity index (χ3v) is 1.85. The Morgan fingerprint density at radius 3 is 2.23 bits per heavy atom. The maximum atomic E-state index is 4.98. The van der Waals surface area contributed by atoms with Crippen molar-refractivity contribution >= 4 is 0 Å². The highest BCUT2D eigenvalue weighted by molar-refractivity contribution is 4.79. The molecule has 2 nitrogen and oxygen atoms in total. The van der Waals surface area contributed by atoms with Gasteiger partial charge in [0.2, 0.25) is 0 Å². The van der Waals surface area contributed by atoms with Crippen molar-refractivity contribution in [2.24, 2.45) is 0 Å². The van der Waals surface area contributed by atoms with E-state index in [0.717, 1.165) is 32.7 Å². The number of ether oxygens (including phenoxy) is 1. The Bertz CT molecular complexity index is 124. The van der Waals surface area contributed by atoms with Crippen LogP contribution in [0.5, 0.6) is 0 Å². The summed E-state index contributed by atoms with van der Waals surface area (Å²) in [5.41, 5.74) is 0. The minimum Gasteiger partial charge on any atom is -0.385 e. The van der Waals surface area contributed by atoms with Crippen LogP contribution in [0.2, 0.25) is 0 Å². The summed E-state index contributed by atoms with van der Waals surface area (Å²) in [6, 6.07) is 0. The van der Waals surface area contributed by atoms with E-state index in [1.54, 1.807) is 7.11 Å². The van der Waals surface area contributed by atoms with E-state index in [4.69, 9.17) is 4.74 Å². The van der Waals surface area contributed by atoms with Gasteiger partial charge in [-0.25, -0.2) is 0 Å². The summed E-state index contributed by atoms with van der Waals surface area (Å²) in [6.45, 7) is 11.3. The molecule has 0 saturated carbocycles. The minimum atomic E-state index is 0.857. The molecule has 0 unspecified atom stereocenters. The first-order chi connectivity index (χ1) is 6.35. The molecule has 0 aliphatic heterocycles. The van der Waals surface area contributed by atoms with Crippen molar-refractivity contribution in [3.8, 4) is 0 Å². The summed E-state index contributed by atoms with van der Waals surface area (Å²) >= 11 is 0. The van der Waals surface area contributed by atoms with Gasteiger partial charge in [-0.1, -0.05) is 12.2 Å². The first kappa shape index (κ1) is 12.4. The molecule has 0 amide bonds. The van der Waals surface area contributed by atoms with Crippen molar-refractivity contribution in [1.29, 1.82) is 0 Å². The molecule has 0 bridgehead atoms. The van der Waals surface area contributed by atoms with Crippen molar-refractivity contribution in [3.05, 3.63) is 25.3 Å². The zero-order chi connectivity index (χ0) is 9.94. The molecule has 0 atom stereocenters. The minimum absolute atomic E-state index is 0.857. The quantitative estimate of drug-likeness (QED) is 0.401. The van der Waals surface area contributed by atoms with Crippen LogP contribution in [0.4, 0.5) is 0 Å². The van der Waals surface area contributed by atoms with Crippen molar-refractivity contribution in [2.45, 2.75) is 12.8 Å². The van der Waals surface area contributed by atoms with E-state index in [-0.39, 0.29) is 0 Å². The van der Waals surface area contributed by atoms with Gasteiger partial charge in [-0.15, -0.1) is 13.2 Å². The number of methoxy groups -OCH3 is 1. The number of hydrogen-bond acceptors (Lipinski definition) is 2. The Balaban J connectivity index is 3.43. The molecule has 0 aliphatic rings. The predicted molar refractivity (Wildman–Crippen MR) is 57.9 cm³/mol. The second-order valence-electron chi connectivity index (χ2n) is 3.04. The Kier molecular flexibility index (Phi) is 9.05. The summed E-state index contributed by atoms with van der Waals surface area (Å²) in [5.74, 6) is 0. The molecule has 0 aromatic heterocycles. The lowest BCUT2D eigenvalue weighted by Gasteiger charge is -2.18. The van der Waals surface area contributed by atoms with Crippen LogP contribution in [0.3, 0.4) is 0 Å². The molecular weight excluding hydrogens is 162 g/mol. The maximum absolute atomic E-state index is 4.98. The summed E-state index contributed by atoms with van der Waals surface area (Å²) in [4.78, 5) is 2.32. The lowest BCUT2D eigenvalue weighted by Crippen LogP contribution is -2.25. The molecule has 0 aromatic carbocycles. The molecule has 0 radical (unpaired) electrons. The normalized spacial score (nSPS) is 10.3. The molecule has 0 aromatic rings. The average Bonchev–Trinajstić information content (AvgIpc) is 2.13. The van der Waals surface area contributed by atoms with Gasteiger partial charge in [0.1, 0.15) is 0 Å². The Labute approximate surface area is 81.9 Å². The van der Waals surface area contributed by atoms with Gasteiger partial charge in [-0.05, 0) is 19.4 Å². The van der Waals surface area contributed by atoms with Crippen LogP contribution in [0.25, 0.3) is 0 Å². The number of rotatable bonds is 9. The molecule has 0 heterocycles. The molecule has 13 heavy (non-hydrogen) atoms. The van der Waals surface area contributed by atoms with Gasteiger partial charge in [0.15, 0.2) is 0 Å². The fourth-order valence-electron chi connectivity index (χ4n) is 1.20. The van der Waals surface area contributed by atoms with E-state index in [0.29, 0.717) is 0 Å². The predicted octanol–water partition coefficient (Wildman–Crippen LogP) is 2.09. The average molecular weight is 183 g/mol. The Morgan fingerprint density at radius 1 is 1.15 bits per heavy atom. The summed E-state index contributed by atoms with van der Waals surface area (Å²) in [7, 11) is 1.74. The molecule has 0 rings (SSSR count). The van der Waals surface area contributed by atoms with Crippen LogP contribution in [0.1, 0.15) is 12.8 Å². The van der Waals surface area contributed by atoms with E-state index in [9.17, 15) is 0 Å². The van der Waals surface area contributed by atoms with Crippen molar-refractivity contribution in [2.75, 3.05) is 33.4 Å². The zero-order valence-corrected chi connectivity index (χ0v) is 8.67. The first-order valence-electron chi connectivity index (χ1n) is 4.78. The van der Waals surface area contributed by atoms with Gasteiger partial charge in [0.25, 0.3) is 0 Å². The SMILES string of the molecule is C=CCN(CC=C)CCCCOC. The van der Waals surface area contributed by atoms with Gasteiger partial charge in [-0.3, -0.25) is 4.90 Å². The second-order valence-corrected chi connectivity index (χ2v) is 3.04. The highest BCUT2D eigenvalue weighted by atomic mass is 16.5. The van der Waals surface area contributed by atoms with Crippen LogP contribution in [-0.4, -0.2) is 38.3 Å². The zero-order valence-electron chi connectivity index (χ0n) is 8.67. The van der Waals surface area contributed by atoms with Crippen LogP contribution < -0.4 is 0 Å². The van der Waals surface area contributed by atoms with E-state index in [1.165, 1.54) is 6.42 Å². The van der Waals surface area contributed by atoms with Crippen molar-refractivity contribution in [3.63, 3.8) is 0 Å². The fraction of sp³-hybridized carbons (Fsp3) is 0.636. The van der Waals surface area contributed by atoms with Gasteiger partial charge >= 0.3 is 0 Å². The number of hydrogen-bond donors (Lipinski definition) is 0. The van der Waals surface area contributed by atoms with E-state index in [2.05, 4.69) is 18.1 Å². The third-order valence-electron chi connectivity index (χ3n) is 1.85. The molecular formula is C11H21NO. The summed E-state index contributed by atoms with van der Waals surface area (Å²) in [5, 5.41) is 0. The Hall–Kier alpha value is -0.600. The van der Waals surface area contributed by atoms with Crippen LogP contribution >= 0.6 is 0 Å². The fourth-order valence-corrected chi connectivity index (χ4v) is 1.20. The van der Waals surface area contributed by atoms with Crippen molar-refractivity contribution < 1.29 is 4.74 Å².